The number of halogens is 3. The summed E-state index contributed by atoms with van der Waals surface area (Å²) in [5.41, 5.74) is 9.61. The predicted molar refractivity (Wildman–Crippen MR) is 70.7 cm³/mol. The van der Waals surface area contributed by atoms with Gasteiger partial charge in [-0.1, -0.05) is 23.9 Å². The number of alkyl halides is 3. The van der Waals surface area contributed by atoms with Gasteiger partial charge in [0.2, 0.25) is 0 Å². The van der Waals surface area contributed by atoms with Crippen molar-refractivity contribution in [2.45, 2.75) is 23.3 Å². The third kappa shape index (κ3) is 2.80. The van der Waals surface area contributed by atoms with Crippen molar-refractivity contribution < 1.29 is 13.2 Å². The van der Waals surface area contributed by atoms with Crippen molar-refractivity contribution in [2.75, 3.05) is 6.26 Å². The molecular formula is C12H13F3N4S. The number of thioether (sulfide) groups is 1. The van der Waals surface area contributed by atoms with Crippen molar-refractivity contribution in [3.8, 4) is 0 Å². The molecule has 0 spiro atoms. The van der Waals surface area contributed by atoms with Crippen LogP contribution in [0.1, 0.15) is 17.7 Å². The summed E-state index contributed by atoms with van der Waals surface area (Å²) in [6, 6.07) is 0. The summed E-state index contributed by atoms with van der Waals surface area (Å²) in [5, 5.41) is 0.236. The Hall–Kier alpha value is -1.54. The summed E-state index contributed by atoms with van der Waals surface area (Å²) in [6.07, 6.45) is 2.59. The van der Waals surface area contributed by atoms with Crippen LogP contribution in [0.2, 0.25) is 0 Å². The van der Waals surface area contributed by atoms with E-state index in [0.717, 1.165) is 18.0 Å². The molecule has 0 saturated carbocycles. The van der Waals surface area contributed by atoms with E-state index < -0.39 is 17.3 Å². The third-order valence-corrected chi connectivity index (χ3v) is 3.46. The van der Waals surface area contributed by atoms with Crippen LogP contribution >= 0.6 is 11.8 Å². The van der Waals surface area contributed by atoms with Crippen molar-refractivity contribution in [1.82, 2.24) is 9.97 Å². The van der Waals surface area contributed by atoms with Crippen molar-refractivity contribution in [3.63, 3.8) is 0 Å². The van der Waals surface area contributed by atoms with Crippen LogP contribution in [0, 0.1) is 0 Å². The largest absolute Gasteiger partial charge is 0.419 e. The molecule has 1 aromatic rings. The van der Waals surface area contributed by atoms with Crippen LogP contribution in [-0.2, 0) is 11.7 Å². The first kappa shape index (κ1) is 14.9. The second kappa shape index (κ2) is 5.10. The minimum atomic E-state index is -4.57. The summed E-state index contributed by atoms with van der Waals surface area (Å²) < 4.78 is 39.3. The summed E-state index contributed by atoms with van der Waals surface area (Å²) in [6.45, 7) is 0. The molecule has 2 rings (SSSR count). The van der Waals surface area contributed by atoms with E-state index in [0.29, 0.717) is 5.70 Å². The van der Waals surface area contributed by atoms with Crippen molar-refractivity contribution in [2.24, 2.45) is 11.5 Å². The Labute approximate surface area is 118 Å². The van der Waals surface area contributed by atoms with Crippen molar-refractivity contribution in [3.05, 3.63) is 41.4 Å². The topological polar surface area (TPSA) is 77.8 Å². The molecule has 0 saturated heterocycles. The average molecular weight is 302 g/mol. The maximum Gasteiger partial charge on any atom is 0.419 e. The van der Waals surface area contributed by atoms with Crippen LogP contribution in [-0.4, -0.2) is 16.2 Å². The molecule has 8 heteroatoms. The van der Waals surface area contributed by atoms with Gasteiger partial charge in [0.1, 0.15) is 0 Å². The minimum Gasteiger partial charge on any atom is -0.402 e. The predicted octanol–water partition coefficient (Wildman–Crippen LogP) is 2.17. The second-order valence-corrected chi connectivity index (χ2v) is 5.21. The first-order valence-corrected chi connectivity index (χ1v) is 6.90. The SMILES string of the molecule is CSc1ncc(C(F)(F)F)c(C2(N)C=CC=C(N)C2)n1. The summed E-state index contributed by atoms with van der Waals surface area (Å²) >= 11 is 1.15. The first-order chi connectivity index (χ1) is 9.26. The molecule has 108 valence electrons. The molecule has 1 heterocycles. The zero-order chi connectivity index (χ0) is 15.0. The van der Waals surface area contributed by atoms with Gasteiger partial charge in [-0.15, -0.1) is 0 Å². The Morgan fingerprint density at radius 2 is 2.10 bits per heavy atom. The Morgan fingerprint density at radius 1 is 1.40 bits per heavy atom. The van der Waals surface area contributed by atoms with Crippen molar-refractivity contribution in [1.29, 1.82) is 0 Å². The minimum absolute atomic E-state index is 0.0808. The van der Waals surface area contributed by atoms with Crippen LogP contribution in [0.5, 0.6) is 0 Å². The van der Waals surface area contributed by atoms with Gasteiger partial charge in [0, 0.05) is 18.3 Å². The molecule has 1 atom stereocenters. The average Bonchev–Trinajstić information content (AvgIpc) is 2.36. The highest BCUT2D eigenvalue weighted by molar-refractivity contribution is 7.98. The lowest BCUT2D eigenvalue weighted by Gasteiger charge is -2.30. The van der Waals surface area contributed by atoms with Crippen LogP contribution < -0.4 is 11.5 Å². The molecule has 1 aromatic heterocycles. The van der Waals surface area contributed by atoms with Gasteiger partial charge in [-0.05, 0) is 12.3 Å². The van der Waals surface area contributed by atoms with E-state index in [-0.39, 0.29) is 17.3 Å². The van der Waals surface area contributed by atoms with E-state index in [1.165, 1.54) is 6.08 Å². The fourth-order valence-electron chi connectivity index (χ4n) is 1.99. The van der Waals surface area contributed by atoms with Gasteiger partial charge in [-0.2, -0.15) is 13.2 Å². The monoisotopic (exact) mass is 302 g/mol. The zero-order valence-electron chi connectivity index (χ0n) is 10.6. The number of rotatable bonds is 2. The summed E-state index contributed by atoms with van der Waals surface area (Å²) in [4.78, 5) is 7.64. The second-order valence-electron chi connectivity index (χ2n) is 4.43. The number of allylic oxidation sites excluding steroid dienone is 2. The third-order valence-electron chi connectivity index (χ3n) is 2.90. The molecule has 1 aliphatic rings. The van der Waals surface area contributed by atoms with E-state index in [4.69, 9.17) is 11.5 Å². The van der Waals surface area contributed by atoms with Gasteiger partial charge in [-0.3, -0.25) is 0 Å². The molecule has 4 nitrogen and oxygen atoms in total. The number of nitrogens with zero attached hydrogens (tertiary/aromatic N) is 2. The molecule has 1 unspecified atom stereocenters. The van der Waals surface area contributed by atoms with Crippen molar-refractivity contribution >= 4 is 11.8 Å². The van der Waals surface area contributed by atoms with Crippen LogP contribution in [0.3, 0.4) is 0 Å². The lowest BCUT2D eigenvalue weighted by molar-refractivity contribution is -0.139. The standard InChI is InChI=1S/C12H13F3N4S/c1-20-10-18-6-8(12(13,14)15)9(19-10)11(17)4-2-3-7(16)5-11/h2-4,6H,5,16-17H2,1H3. The van der Waals surface area contributed by atoms with E-state index >= 15 is 0 Å². The Bertz CT molecular complexity index is 583. The van der Waals surface area contributed by atoms with Gasteiger partial charge < -0.3 is 11.5 Å². The Balaban J connectivity index is 2.59. The fraction of sp³-hybridized carbons (Fsp3) is 0.333. The summed E-state index contributed by atoms with van der Waals surface area (Å²) in [7, 11) is 0. The maximum atomic E-state index is 13.1. The van der Waals surface area contributed by atoms with E-state index in [2.05, 4.69) is 9.97 Å². The molecule has 0 radical (unpaired) electrons. The highest BCUT2D eigenvalue weighted by Gasteiger charge is 2.41. The van der Waals surface area contributed by atoms with E-state index in [1.807, 2.05) is 0 Å². The normalized spacial score (nSPS) is 22.8. The number of aromatic nitrogens is 2. The molecular weight excluding hydrogens is 289 g/mol. The Morgan fingerprint density at radius 3 is 2.65 bits per heavy atom. The molecule has 0 amide bonds. The van der Waals surface area contributed by atoms with Gasteiger partial charge in [0.25, 0.3) is 0 Å². The number of nitrogens with two attached hydrogens (primary N) is 2. The molecule has 4 N–H and O–H groups in total. The smallest absolute Gasteiger partial charge is 0.402 e. The Kier molecular flexibility index (Phi) is 3.79. The first-order valence-electron chi connectivity index (χ1n) is 5.68. The molecule has 0 bridgehead atoms. The number of hydrogen-bond donors (Lipinski definition) is 2. The van der Waals surface area contributed by atoms with Crippen LogP contribution in [0.25, 0.3) is 0 Å². The van der Waals surface area contributed by atoms with Gasteiger partial charge in [-0.25, -0.2) is 9.97 Å². The van der Waals surface area contributed by atoms with Gasteiger partial charge in [0.05, 0.1) is 16.8 Å². The van der Waals surface area contributed by atoms with E-state index in [9.17, 15) is 13.2 Å². The highest BCUT2D eigenvalue weighted by atomic mass is 32.2. The zero-order valence-corrected chi connectivity index (χ0v) is 11.4. The molecule has 0 fully saturated rings. The summed E-state index contributed by atoms with van der Waals surface area (Å²) in [5.74, 6) is 0. The lowest BCUT2D eigenvalue weighted by atomic mass is 9.85. The maximum absolute atomic E-state index is 13.1. The highest BCUT2D eigenvalue weighted by Crippen LogP contribution is 2.38. The van der Waals surface area contributed by atoms with Gasteiger partial charge >= 0.3 is 6.18 Å². The fourth-order valence-corrected chi connectivity index (χ4v) is 2.33. The van der Waals surface area contributed by atoms with Crippen LogP contribution in [0.4, 0.5) is 13.2 Å². The van der Waals surface area contributed by atoms with Crippen LogP contribution in [0.15, 0.2) is 35.3 Å². The molecule has 0 aliphatic heterocycles. The quantitative estimate of drug-likeness (QED) is 0.646. The van der Waals surface area contributed by atoms with E-state index in [1.54, 1.807) is 18.4 Å². The molecule has 0 aromatic carbocycles. The lowest BCUT2D eigenvalue weighted by Crippen LogP contribution is -2.40. The molecule has 20 heavy (non-hydrogen) atoms. The molecule has 1 aliphatic carbocycles. The van der Waals surface area contributed by atoms with Gasteiger partial charge in [0.15, 0.2) is 5.16 Å². The number of hydrogen-bond acceptors (Lipinski definition) is 5.